The summed E-state index contributed by atoms with van der Waals surface area (Å²) in [4.78, 5) is 11.1. The van der Waals surface area contributed by atoms with E-state index in [1.807, 2.05) is 30.3 Å². The number of thiophene rings is 2. The first kappa shape index (κ1) is 20.3. The zero-order valence-corrected chi connectivity index (χ0v) is 16.6. The van der Waals surface area contributed by atoms with Gasteiger partial charge >= 0.3 is 5.97 Å². The molecule has 139 valence electrons. The van der Waals surface area contributed by atoms with Crippen molar-refractivity contribution in [2.24, 2.45) is 0 Å². The Morgan fingerprint density at radius 1 is 0.923 bits per heavy atom. The number of aromatic carboxylic acids is 1. The van der Waals surface area contributed by atoms with E-state index < -0.39 is 5.97 Å². The Labute approximate surface area is 169 Å². The molecular weight excluding hydrogens is 420 g/mol. The average molecular weight is 436 g/mol. The number of fused-ring (bicyclic) bond motifs is 2. The molecule has 2 aromatic heterocycles. The minimum Gasteiger partial charge on any atom is -0.495 e. The number of hydrogen-bond acceptors (Lipinski definition) is 5. The van der Waals surface area contributed by atoms with E-state index in [-0.39, 0.29) is 17.1 Å². The van der Waals surface area contributed by atoms with E-state index in [9.17, 15) is 4.79 Å². The summed E-state index contributed by atoms with van der Waals surface area (Å²) in [6, 6.07) is 15.4. The van der Waals surface area contributed by atoms with Crippen LogP contribution in [0.5, 0.6) is 11.5 Å². The first-order valence-corrected chi connectivity index (χ1v) is 9.13. The van der Waals surface area contributed by atoms with Crippen LogP contribution >= 0.6 is 22.7 Å². The van der Waals surface area contributed by atoms with Gasteiger partial charge < -0.3 is 14.6 Å². The predicted octanol–water partition coefficient (Wildman–Crippen LogP) is 5.52. The van der Waals surface area contributed by atoms with Crippen LogP contribution in [0.3, 0.4) is 0 Å². The summed E-state index contributed by atoms with van der Waals surface area (Å²) in [7, 11) is 3.28. The average Bonchev–Trinajstić information content (AvgIpc) is 3.28. The fourth-order valence-corrected chi connectivity index (χ4v) is 4.31. The molecule has 0 unspecified atom stereocenters. The van der Waals surface area contributed by atoms with Crippen molar-refractivity contribution in [3.63, 3.8) is 0 Å². The predicted molar refractivity (Wildman–Crippen MR) is 104 cm³/mol. The molecule has 0 fully saturated rings. The van der Waals surface area contributed by atoms with Gasteiger partial charge in [-0.3, -0.25) is 0 Å². The normalized spacial score (nSPS) is 9.92. The Balaban J connectivity index is 0.000000184. The Kier molecular flexibility index (Phi) is 7.05. The fourth-order valence-electron chi connectivity index (χ4n) is 2.43. The maximum atomic E-state index is 10.7. The molecule has 0 atom stereocenters. The molecule has 0 aliphatic heterocycles. The van der Waals surface area contributed by atoms with Gasteiger partial charge in [-0.05, 0) is 40.4 Å². The Hall–Kier alpha value is -2.05. The van der Waals surface area contributed by atoms with Crippen LogP contribution in [0.25, 0.3) is 20.2 Å². The van der Waals surface area contributed by atoms with E-state index in [1.165, 1.54) is 21.4 Å². The van der Waals surface area contributed by atoms with Crippen LogP contribution in [-0.4, -0.2) is 25.3 Å². The summed E-state index contributed by atoms with van der Waals surface area (Å²) in [6.07, 6.45) is 0. The summed E-state index contributed by atoms with van der Waals surface area (Å²) in [5.41, 5.74) is 0. The van der Waals surface area contributed by atoms with Gasteiger partial charge in [0.2, 0.25) is 0 Å². The first-order chi connectivity index (χ1) is 12.1. The number of carboxylic acid groups (broad SMARTS) is 1. The minimum atomic E-state index is -0.895. The SMILES string of the molecule is COc1cccc2cc(C(=O)O)sc12.COc1cccc2ccsc12.[Cu]. The standard InChI is InChI=1S/C10H8O3S.C9H8OS.Cu/c1-13-7-4-2-3-6-5-8(10(11)12)14-9(6)7;1-10-8-4-2-3-7-5-6-11-9(7)8;/h2-5H,1H3,(H,11,12);2-6H,1H3;. The first-order valence-electron chi connectivity index (χ1n) is 7.44. The molecule has 0 saturated heterocycles. The number of methoxy groups -OCH3 is 2. The number of hydrogen-bond donors (Lipinski definition) is 1. The number of carboxylic acids is 1. The van der Waals surface area contributed by atoms with Crippen LogP contribution in [0.4, 0.5) is 0 Å². The molecule has 4 rings (SSSR count). The molecule has 1 N–H and O–H groups in total. The molecule has 2 heterocycles. The largest absolute Gasteiger partial charge is 0.495 e. The molecule has 0 spiro atoms. The molecule has 0 bridgehead atoms. The van der Waals surface area contributed by atoms with Crippen molar-refractivity contribution in [3.8, 4) is 11.5 Å². The van der Waals surface area contributed by atoms with Gasteiger partial charge in [0, 0.05) is 17.1 Å². The molecule has 4 aromatic rings. The van der Waals surface area contributed by atoms with Crippen LogP contribution in [0.15, 0.2) is 53.9 Å². The van der Waals surface area contributed by atoms with Gasteiger partial charge in [-0.1, -0.05) is 24.3 Å². The van der Waals surface area contributed by atoms with Crippen molar-refractivity contribution < 1.29 is 36.4 Å². The zero-order valence-electron chi connectivity index (χ0n) is 14.0. The van der Waals surface area contributed by atoms with Gasteiger partial charge in [0.1, 0.15) is 16.4 Å². The molecule has 7 heteroatoms. The molecule has 1 radical (unpaired) electrons. The number of ether oxygens (including phenoxy) is 2. The second-order valence-electron chi connectivity index (χ2n) is 5.09. The minimum absolute atomic E-state index is 0. The summed E-state index contributed by atoms with van der Waals surface area (Å²) in [6.45, 7) is 0. The van der Waals surface area contributed by atoms with Crippen LogP contribution in [0, 0.1) is 0 Å². The molecule has 26 heavy (non-hydrogen) atoms. The molecule has 0 aliphatic carbocycles. The molecule has 0 aliphatic rings. The molecule has 4 nitrogen and oxygen atoms in total. The Bertz CT molecular complexity index is 1020. The molecular formula is C19H16CuO4S2. The van der Waals surface area contributed by atoms with Gasteiger partial charge in [0.05, 0.1) is 23.6 Å². The van der Waals surface area contributed by atoms with Gasteiger partial charge in [-0.15, -0.1) is 22.7 Å². The van der Waals surface area contributed by atoms with Crippen LogP contribution < -0.4 is 9.47 Å². The van der Waals surface area contributed by atoms with Gasteiger partial charge in [0.25, 0.3) is 0 Å². The quantitative estimate of drug-likeness (QED) is 0.431. The van der Waals surface area contributed by atoms with E-state index in [0.29, 0.717) is 4.88 Å². The summed E-state index contributed by atoms with van der Waals surface area (Å²) in [5.74, 6) is 0.797. The van der Waals surface area contributed by atoms with E-state index in [0.717, 1.165) is 21.6 Å². The van der Waals surface area contributed by atoms with Crippen molar-refractivity contribution in [3.05, 3.63) is 58.8 Å². The second kappa shape index (κ2) is 9.05. The Morgan fingerprint density at radius 2 is 1.54 bits per heavy atom. The maximum absolute atomic E-state index is 10.7. The topological polar surface area (TPSA) is 55.8 Å². The third-order valence-electron chi connectivity index (χ3n) is 3.60. The Morgan fingerprint density at radius 3 is 2.15 bits per heavy atom. The molecule has 0 amide bonds. The maximum Gasteiger partial charge on any atom is 0.345 e. The number of carbonyl (C=O) groups is 1. The van der Waals surface area contributed by atoms with E-state index in [1.54, 1.807) is 31.6 Å². The third-order valence-corrected chi connectivity index (χ3v) is 5.70. The monoisotopic (exact) mass is 435 g/mol. The zero-order chi connectivity index (χ0) is 17.8. The van der Waals surface area contributed by atoms with Crippen molar-refractivity contribution in [1.29, 1.82) is 0 Å². The van der Waals surface area contributed by atoms with E-state index in [4.69, 9.17) is 14.6 Å². The van der Waals surface area contributed by atoms with Crippen LogP contribution in [-0.2, 0) is 17.1 Å². The van der Waals surface area contributed by atoms with Crippen molar-refractivity contribution in [1.82, 2.24) is 0 Å². The molecule has 0 saturated carbocycles. The van der Waals surface area contributed by atoms with Crippen LogP contribution in [0.2, 0.25) is 0 Å². The summed E-state index contributed by atoms with van der Waals surface area (Å²) in [5, 5.41) is 13.1. The van der Waals surface area contributed by atoms with Crippen molar-refractivity contribution >= 4 is 48.8 Å². The smallest absolute Gasteiger partial charge is 0.345 e. The van der Waals surface area contributed by atoms with Crippen molar-refractivity contribution in [2.45, 2.75) is 0 Å². The third kappa shape index (κ3) is 4.19. The van der Waals surface area contributed by atoms with E-state index in [2.05, 4.69) is 17.5 Å². The number of rotatable bonds is 3. The van der Waals surface area contributed by atoms with Crippen LogP contribution in [0.1, 0.15) is 9.67 Å². The fraction of sp³-hybridized carbons (Fsp3) is 0.105. The van der Waals surface area contributed by atoms with E-state index >= 15 is 0 Å². The summed E-state index contributed by atoms with van der Waals surface area (Å²) < 4.78 is 12.4. The second-order valence-corrected chi connectivity index (χ2v) is 7.06. The molecule has 2 aromatic carbocycles. The van der Waals surface area contributed by atoms with Crippen molar-refractivity contribution in [2.75, 3.05) is 14.2 Å². The van der Waals surface area contributed by atoms with Gasteiger partial charge in [-0.25, -0.2) is 4.79 Å². The number of benzene rings is 2. The van der Waals surface area contributed by atoms with Gasteiger partial charge in [-0.2, -0.15) is 0 Å². The van der Waals surface area contributed by atoms with Gasteiger partial charge in [0.15, 0.2) is 0 Å². The summed E-state index contributed by atoms with van der Waals surface area (Å²) >= 11 is 2.95.